The third-order valence-electron chi connectivity index (χ3n) is 3.50. The summed E-state index contributed by atoms with van der Waals surface area (Å²) in [5.74, 6) is 1.18. The van der Waals surface area contributed by atoms with Gasteiger partial charge in [0.1, 0.15) is 5.82 Å². The SMILES string of the molecule is CC(C)(C)Nc1nc(Nc2cccc(Cl)c2Cl)cc(-c2ccccc2)n1. The second-order valence-electron chi connectivity index (χ2n) is 6.93. The molecule has 0 aliphatic rings. The van der Waals surface area contributed by atoms with Gasteiger partial charge in [-0.05, 0) is 32.9 Å². The smallest absolute Gasteiger partial charge is 0.225 e. The third kappa shape index (κ3) is 4.65. The zero-order chi connectivity index (χ0) is 18.7. The fourth-order valence-corrected chi connectivity index (χ4v) is 2.75. The van der Waals surface area contributed by atoms with Crippen LogP contribution in [0.4, 0.5) is 17.5 Å². The summed E-state index contributed by atoms with van der Waals surface area (Å²) in [6.07, 6.45) is 0. The molecule has 1 aromatic heterocycles. The van der Waals surface area contributed by atoms with Gasteiger partial charge in [0.25, 0.3) is 0 Å². The normalized spacial score (nSPS) is 11.3. The molecule has 0 saturated carbocycles. The first-order chi connectivity index (χ1) is 12.3. The summed E-state index contributed by atoms with van der Waals surface area (Å²) < 4.78 is 0. The van der Waals surface area contributed by atoms with E-state index in [1.807, 2.05) is 48.5 Å². The number of halogens is 2. The Morgan fingerprint density at radius 1 is 0.885 bits per heavy atom. The van der Waals surface area contributed by atoms with Gasteiger partial charge in [0.2, 0.25) is 5.95 Å². The molecule has 2 N–H and O–H groups in total. The van der Waals surface area contributed by atoms with E-state index in [1.165, 1.54) is 0 Å². The van der Waals surface area contributed by atoms with Gasteiger partial charge in [0.05, 0.1) is 21.4 Å². The lowest BCUT2D eigenvalue weighted by molar-refractivity contribution is 0.626. The summed E-state index contributed by atoms with van der Waals surface area (Å²) in [7, 11) is 0. The topological polar surface area (TPSA) is 49.8 Å². The van der Waals surface area contributed by atoms with Gasteiger partial charge in [-0.3, -0.25) is 0 Å². The van der Waals surface area contributed by atoms with Crippen molar-refractivity contribution in [1.82, 2.24) is 9.97 Å². The van der Waals surface area contributed by atoms with Crippen LogP contribution in [0.5, 0.6) is 0 Å². The first-order valence-electron chi connectivity index (χ1n) is 8.25. The van der Waals surface area contributed by atoms with E-state index in [2.05, 4.69) is 41.4 Å². The Morgan fingerprint density at radius 3 is 2.31 bits per heavy atom. The van der Waals surface area contributed by atoms with Gasteiger partial charge < -0.3 is 10.6 Å². The highest BCUT2D eigenvalue weighted by Crippen LogP contribution is 2.32. The van der Waals surface area contributed by atoms with Gasteiger partial charge in [0, 0.05) is 17.2 Å². The zero-order valence-corrected chi connectivity index (χ0v) is 16.4. The first kappa shape index (κ1) is 18.5. The highest BCUT2D eigenvalue weighted by Gasteiger charge is 2.14. The summed E-state index contributed by atoms with van der Waals surface area (Å²) in [4.78, 5) is 9.22. The average Bonchev–Trinajstić information content (AvgIpc) is 2.58. The van der Waals surface area contributed by atoms with Crippen LogP contribution in [0.25, 0.3) is 11.3 Å². The predicted molar refractivity (Wildman–Crippen MR) is 111 cm³/mol. The van der Waals surface area contributed by atoms with Crippen molar-refractivity contribution in [3.05, 3.63) is 64.6 Å². The third-order valence-corrected chi connectivity index (χ3v) is 4.32. The van der Waals surface area contributed by atoms with E-state index < -0.39 is 0 Å². The molecule has 0 aliphatic carbocycles. The summed E-state index contributed by atoms with van der Waals surface area (Å²) in [6.45, 7) is 6.19. The lowest BCUT2D eigenvalue weighted by Crippen LogP contribution is -2.27. The van der Waals surface area contributed by atoms with E-state index in [-0.39, 0.29) is 5.54 Å². The van der Waals surface area contributed by atoms with Crippen molar-refractivity contribution < 1.29 is 0 Å². The Labute approximate surface area is 163 Å². The summed E-state index contributed by atoms with van der Waals surface area (Å²) in [5.41, 5.74) is 2.35. The molecule has 0 amide bonds. The van der Waals surface area contributed by atoms with Gasteiger partial charge >= 0.3 is 0 Å². The van der Waals surface area contributed by atoms with Gasteiger partial charge in [-0.2, -0.15) is 4.98 Å². The molecule has 1 heterocycles. The summed E-state index contributed by atoms with van der Waals surface area (Å²) >= 11 is 12.4. The van der Waals surface area contributed by atoms with E-state index in [9.17, 15) is 0 Å². The number of rotatable bonds is 4. The molecule has 4 nitrogen and oxygen atoms in total. The van der Waals surface area contributed by atoms with Crippen LogP contribution in [-0.2, 0) is 0 Å². The monoisotopic (exact) mass is 386 g/mol. The van der Waals surface area contributed by atoms with E-state index in [1.54, 1.807) is 6.07 Å². The van der Waals surface area contributed by atoms with Crippen molar-refractivity contribution >= 4 is 40.7 Å². The standard InChI is InChI=1S/C20H20Cl2N4/c1-20(2,3)26-19-24-16(13-8-5-4-6-9-13)12-17(25-19)23-15-11-7-10-14(21)18(15)22/h4-12H,1-3H3,(H2,23,24,25,26). The number of hydrogen-bond donors (Lipinski definition) is 2. The number of benzene rings is 2. The minimum Gasteiger partial charge on any atom is -0.350 e. The summed E-state index contributed by atoms with van der Waals surface area (Å²) in [5, 5.41) is 7.51. The van der Waals surface area contributed by atoms with Crippen LogP contribution in [-0.4, -0.2) is 15.5 Å². The Kier molecular flexibility index (Phi) is 5.35. The van der Waals surface area contributed by atoms with Crippen LogP contribution in [0.3, 0.4) is 0 Å². The molecule has 6 heteroatoms. The molecular formula is C20H20Cl2N4. The molecule has 0 atom stereocenters. The maximum Gasteiger partial charge on any atom is 0.225 e. The van der Waals surface area contributed by atoms with Crippen LogP contribution in [0.1, 0.15) is 20.8 Å². The molecule has 2 aromatic carbocycles. The fraction of sp³-hybridized carbons (Fsp3) is 0.200. The van der Waals surface area contributed by atoms with E-state index >= 15 is 0 Å². The number of hydrogen-bond acceptors (Lipinski definition) is 4. The Bertz CT molecular complexity index is 905. The second-order valence-corrected chi connectivity index (χ2v) is 7.71. The average molecular weight is 387 g/mol. The Hall–Kier alpha value is -2.30. The van der Waals surface area contributed by atoms with Crippen molar-refractivity contribution in [3.8, 4) is 11.3 Å². The van der Waals surface area contributed by atoms with E-state index in [4.69, 9.17) is 23.2 Å². The molecule has 0 unspecified atom stereocenters. The van der Waals surface area contributed by atoms with Crippen LogP contribution < -0.4 is 10.6 Å². The molecule has 3 aromatic rings. The Morgan fingerprint density at radius 2 is 1.62 bits per heavy atom. The number of nitrogens with zero attached hydrogens (tertiary/aromatic N) is 2. The second kappa shape index (κ2) is 7.52. The molecule has 0 aliphatic heterocycles. The van der Waals surface area contributed by atoms with Crippen molar-refractivity contribution in [1.29, 1.82) is 0 Å². The number of aromatic nitrogens is 2. The zero-order valence-electron chi connectivity index (χ0n) is 14.8. The van der Waals surface area contributed by atoms with E-state index in [0.29, 0.717) is 27.5 Å². The fourth-order valence-electron chi connectivity index (χ4n) is 2.40. The predicted octanol–water partition coefficient (Wildman–Crippen LogP) is 6.40. The maximum atomic E-state index is 6.29. The van der Waals surface area contributed by atoms with Crippen molar-refractivity contribution in [3.63, 3.8) is 0 Å². The Balaban J connectivity index is 2.03. The highest BCUT2D eigenvalue weighted by molar-refractivity contribution is 6.43. The van der Waals surface area contributed by atoms with Gasteiger partial charge in [-0.1, -0.05) is 59.6 Å². The number of anilines is 3. The highest BCUT2D eigenvalue weighted by atomic mass is 35.5. The summed E-state index contributed by atoms with van der Waals surface area (Å²) in [6, 6.07) is 17.3. The molecule has 0 fully saturated rings. The molecule has 0 saturated heterocycles. The van der Waals surface area contributed by atoms with Gasteiger partial charge in [-0.25, -0.2) is 4.98 Å². The molecular weight excluding hydrogens is 367 g/mol. The minimum absolute atomic E-state index is 0.166. The van der Waals surface area contributed by atoms with Crippen molar-refractivity contribution in [2.75, 3.05) is 10.6 Å². The lowest BCUT2D eigenvalue weighted by Gasteiger charge is -2.21. The van der Waals surface area contributed by atoms with Crippen LogP contribution in [0.15, 0.2) is 54.6 Å². The van der Waals surface area contributed by atoms with Crippen LogP contribution in [0.2, 0.25) is 10.0 Å². The van der Waals surface area contributed by atoms with Gasteiger partial charge in [-0.15, -0.1) is 0 Å². The largest absolute Gasteiger partial charge is 0.350 e. The van der Waals surface area contributed by atoms with Crippen LogP contribution >= 0.6 is 23.2 Å². The molecule has 0 radical (unpaired) electrons. The molecule has 26 heavy (non-hydrogen) atoms. The van der Waals surface area contributed by atoms with Crippen molar-refractivity contribution in [2.45, 2.75) is 26.3 Å². The molecule has 134 valence electrons. The molecule has 0 spiro atoms. The molecule has 0 bridgehead atoms. The molecule has 3 rings (SSSR count). The number of nitrogens with one attached hydrogen (secondary N) is 2. The minimum atomic E-state index is -0.166. The van der Waals surface area contributed by atoms with Gasteiger partial charge in [0.15, 0.2) is 0 Å². The maximum absolute atomic E-state index is 6.29. The van der Waals surface area contributed by atoms with Crippen LogP contribution in [0, 0.1) is 0 Å². The quantitative estimate of drug-likeness (QED) is 0.544. The first-order valence-corrected chi connectivity index (χ1v) is 9.01. The van der Waals surface area contributed by atoms with E-state index in [0.717, 1.165) is 11.3 Å². The lowest BCUT2D eigenvalue weighted by atomic mass is 10.1. The van der Waals surface area contributed by atoms with Crippen molar-refractivity contribution in [2.24, 2.45) is 0 Å².